The Kier molecular flexibility index (Phi) is 13.5. The summed E-state index contributed by atoms with van der Waals surface area (Å²) in [5, 5.41) is 8.82. The normalized spacial score (nSPS) is 12.1. The summed E-state index contributed by atoms with van der Waals surface area (Å²) < 4.78 is 0. The van der Waals surface area contributed by atoms with Gasteiger partial charge in [0.1, 0.15) is 0 Å². The lowest BCUT2D eigenvalue weighted by atomic mass is 10.00. The van der Waals surface area contributed by atoms with Crippen molar-refractivity contribution in [2.24, 2.45) is 0 Å². The van der Waals surface area contributed by atoms with E-state index in [0.717, 1.165) is 12.8 Å². The second kappa shape index (κ2) is 13.8. The number of aliphatic hydroxyl groups is 1. The van der Waals surface area contributed by atoms with E-state index >= 15 is 0 Å². The van der Waals surface area contributed by atoms with E-state index in [1.54, 1.807) is 5.57 Å². The molecule has 0 aliphatic rings. The molecule has 0 spiro atoms. The number of hydrogen-bond donors (Lipinski definition) is 1. The van der Waals surface area contributed by atoms with E-state index in [4.69, 9.17) is 5.11 Å². The van der Waals surface area contributed by atoms with Crippen molar-refractivity contribution in [3.63, 3.8) is 0 Å². The van der Waals surface area contributed by atoms with Gasteiger partial charge >= 0.3 is 0 Å². The molecule has 0 atom stereocenters. The zero-order valence-corrected chi connectivity index (χ0v) is 12.0. The lowest BCUT2D eigenvalue weighted by Gasteiger charge is -2.07. The Labute approximate surface area is 108 Å². The van der Waals surface area contributed by atoms with Crippen LogP contribution in [0, 0.1) is 0 Å². The van der Waals surface area contributed by atoms with Crippen LogP contribution in [0.15, 0.2) is 11.6 Å². The van der Waals surface area contributed by atoms with E-state index in [0.29, 0.717) is 6.61 Å². The topological polar surface area (TPSA) is 20.2 Å². The molecule has 0 bridgehead atoms. The SMILES string of the molecule is CCCCCC=C(CCCCC)CCCCO. The number of unbranched alkanes of at least 4 members (excludes halogenated alkanes) is 6. The van der Waals surface area contributed by atoms with Crippen LogP contribution in [0.2, 0.25) is 0 Å². The molecule has 0 aromatic rings. The van der Waals surface area contributed by atoms with E-state index in [1.165, 1.54) is 57.8 Å². The summed E-state index contributed by atoms with van der Waals surface area (Å²) in [4.78, 5) is 0. The maximum atomic E-state index is 8.82. The molecule has 1 N–H and O–H groups in total. The van der Waals surface area contributed by atoms with Gasteiger partial charge in [-0.1, -0.05) is 51.2 Å². The molecule has 0 radical (unpaired) electrons. The standard InChI is InChI=1S/C16H32O/c1-3-5-7-9-13-16(12-8-6-4-2)14-10-11-15-17/h13,17H,3-12,14-15H2,1-2H3. The lowest BCUT2D eigenvalue weighted by Crippen LogP contribution is -1.89. The predicted molar refractivity (Wildman–Crippen MR) is 77.3 cm³/mol. The van der Waals surface area contributed by atoms with Crippen molar-refractivity contribution < 1.29 is 5.11 Å². The predicted octanol–water partition coefficient (Wildman–Crippen LogP) is 5.24. The molecular formula is C16H32O. The first-order valence-electron chi connectivity index (χ1n) is 7.63. The highest BCUT2D eigenvalue weighted by Crippen LogP contribution is 2.17. The number of allylic oxidation sites excluding steroid dienone is 2. The van der Waals surface area contributed by atoms with Crippen LogP contribution in [0.5, 0.6) is 0 Å². The van der Waals surface area contributed by atoms with E-state index in [-0.39, 0.29) is 0 Å². The first-order chi connectivity index (χ1) is 8.35. The van der Waals surface area contributed by atoms with Crippen LogP contribution in [-0.2, 0) is 0 Å². The largest absolute Gasteiger partial charge is 0.396 e. The monoisotopic (exact) mass is 240 g/mol. The molecule has 0 aromatic heterocycles. The van der Waals surface area contributed by atoms with Crippen LogP contribution in [0.3, 0.4) is 0 Å². The van der Waals surface area contributed by atoms with Crippen LogP contribution in [-0.4, -0.2) is 11.7 Å². The summed E-state index contributed by atoms with van der Waals surface area (Å²) in [6.45, 7) is 4.86. The van der Waals surface area contributed by atoms with Gasteiger partial charge in [0.05, 0.1) is 0 Å². The molecule has 0 saturated carbocycles. The number of rotatable bonds is 12. The molecule has 0 unspecified atom stereocenters. The van der Waals surface area contributed by atoms with Crippen LogP contribution >= 0.6 is 0 Å². The fourth-order valence-electron chi connectivity index (χ4n) is 2.10. The van der Waals surface area contributed by atoms with Crippen LogP contribution in [0.4, 0.5) is 0 Å². The molecular weight excluding hydrogens is 208 g/mol. The molecule has 0 fully saturated rings. The van der Waals surface area contributed by atoms with Gasteiger partial charge in [-0.2, -0.15) is 0 Å². The van der Waals surface area contributed by atoms with Gasteiger partial charge in [0, 0.05) is 6.61 Å². The Morgan fingerprint density at radius 2 is 1.41 bits per heavy atom. The smallest absolute Gasteiger partial charge is 0.0431 e. The van der Waals surface area contributed by atoms with Gasteiger partial charge in [-0.25, -0.2) is 0 Å². The van der Waals surface area contributed by atoms with Gasteiger partial charge in [0.2, 0.25) is 0 Å². The summed E-state index contributed by atoms with van der Waals surface area (Å²) in [5.41, 5.74) is 1.64. The molecule has 0 aliphatic carbocycles. The van der Waals surface area contributed by atoms with Crippen molar-refractivity contribution in [2.75, 3.05) is 6.61 Å². The summed E-state index contributed by atoms with van der Waals surface area (Å²) in [5.74, 6) is 0. The van der Waals surface area contributed by atoms with Crippen molar-refractivity contribution in [2.45, 2.75) is 84.5 Å². The third kappa shape index (κ3) is 12.0. The van der Waals surface area contributed by atoms with Crippen molar-refractivity contribution in [1.82, 2.24) is 0 Å². The van der Waals surface area contributed by atoms with Gasteiger partial charge in [0.25, 0.3) is 0 Å². The molecule has 17 heavy (non-hydrogen) atoms. The highest BCUT2D eigenvalue weighted by Gasteiger charge is 1.98. The molecule has 0 heterocycles. The molecule has 0 rings (SSSR count). The maximum absolute atomic E-state index is 8.82. The first kappa shape index (κ1) is 16.7. The highest BCUT2D eigenvalue weighted by molar-refractivity contribution is 5.01. The van der Waals surface area contributed by atoms with Crippen LogP contribution in [0.25, 0.3) is 0 Å². The Hall–Kier alpha value is -0.300. The zero-order chi connectivity index (χ0) is 12.8. The Bertz CT molecular complexity index is 160. The highest BCUT2D eigenvalue weighted by atomic mass is 16.2. The van der Waals surface area contributed by atoms with Gasteiger partial charge in [-0.05, 0) is 44.9 Å². The lowest BCUT2D eigenvalue weighted by molar-refractivity contribution is 0.284. The van der Waals surface area contributed by atoms with Gasteiger partial charge in [-0.3, -0.25) is 0 Å². The molecule has 1 heteroatoms. The van der Waals surface area contributed by atoms with Gasteiger partial charge in [-0.15, -0.1) is 0 Å². The quantitative estimate of drug-likeness (QED) is 0.365. The maximum Gasteiger partial charge on any atom is 0.0431 e. The minimum atomic E-state index is 0.345. The minimum absolute atomic E-state index is 0.345. The van der Waals surface area contributed by atoms with E-state index in [9.17, 15) is 0 Å². The Morgan fingerprint density at radius 1 is 0.824 bits per heavy atom. The Morgan fingerprint density at radius 3 is 2.00 bits per heavy atom. The fourth-order valence-corrected chi connectivity index (χ4v) is 2.10. The van der Waals surface area contributed by atoms with Crippen LogP contribution < -0.4 is 0 Å². The minimum Gasteiger partial charge on any atom is -0.396 e. The van der Waals surface area contributed by atoms with Gasteiger partial charge < -0.3 is 5.11 Å². The first-order valence-corrected chi connectivity index (χ1v) is 7.63. The molecule has 0 amide bonds. The van der Waals surface area contributed by atoms with E-state index in [1.807, 2.05) is 0 Å². The molecule has 0 aromatic carbocycles. The third-order valence-corrected chi connectivity index (χ3v) is 3.25. The van der Waals surface area contributed by atoms with Crippen molar-refractivity contribution in [3.8, 4) is 0 Å². The van der Waals surface area contributed by atoms with Crippen LogP contribution in [0.1, 0.15) is 84.5 Å². The zero-order valence-electron chi connectivity index (χ0n) is 12.0. The van der Waals surface area contributed by atoms with Crippen molar-refractivity contribution >= 4 is 0 Å². The Balaban J connectivity index is 3.81. The molecule has 0 aliphatic heterocycles. The number of hydrogen-bond acceptors (Lipinski definition) is 1. The summed E-state index contributed by atoms with van der Waals surface area (Å²) in [7, 11) is 0. The summed E-state index contributed by atoms with van der Waals surface area (Å²) in [6, 6.07) is 0. The molecule has 0 saturated heterocycles. The van der Waals surface area contributed by atoms with Gasteiger partial charge in [0.15, 0.2) is 0 Å². The van der Waals surface area contributed by atoms with E-state index < -0.39 is 0 Å². The summed E-state index contributed by atoms with van der Waals surface area (Å²) >= 11 is 0. The van der Waals surface area contributed by atoms with E-state index in [2.05, 4.69) is 19.9 Å². The number of aliphatic hydroxyl groups excluding tert-OH is 1. The average Bonchev–Trinajstić information content (AvgIpc) is 2.34. The van der Waals surface area contributed by atoms with Crippen molar-refractivity contribution in [3.05, 3.63) is 11.6 Å². The average molecular weight is 240 g/mol. The summed E-state index contributed by atoms with van der Waals surface area (Å²) in [6.07, 6.45) is 16.3. The van der Waals surface area contributed by atoms with Crippen molar-refractivity contribution in [1.29, 1.82) is 0 Å². The second-order valence-electron chi connectivity index (χ2n) is 5.00. The molecule has 1 nitrogen and oxygen atoms in total. The third-order valence-electron chi connectivity index (χ3n) is 3.25. The fraction of sp³-hybridized carbons (Fsp3) is 0.875. The molecule has 102 valence electrons. The second-order valence-corrected chi connectivity index (χ2v) is 5.00.